The molecule has 4 aromatic rings. The molecule has 0 atom stereocenters. The number of nitrogens with zero attached hydrogens (tertiary/aromatic N) is 1. The number of H-pyrrole nitrogens is 1. The van der Waals surface area contributed by atoms with Gasteiger partial charge in [-0.1, -0.05) is 24.3 Å². The Balaban J connectivity index is 1.47. The fourth-order valence-corrected chi connectivity index (χ4v) is 2.98. The molecule has 0 aliphatic rings. The number of hydrogen-bond acceptors (Lipinski definition) is 3. The molecule has 3 N–H and O–H groups in total. The number of rotatable bonds is 3. The maximum Gasteiger partial charge on any atom is 0.257 e. The molecule has 5 nitrogen and oxygen atoms in total. The average Bonchev–Trinajstić information content (AvgIpc) is 3.13. The van der Waals surface area contributed by atoms with Crippen LogP contribution in [0.15, 0.2) is 72.8 Å². The molecule has 138 valence electrons. The van der Waals surface area contributed by atoms with Crippen molar-refractivity contribution in [3.63, 3.8) is 0 Å². The minimum absolute atomic E-state index is 0.149. The Morgan fingerprint density at radius 2 is 1.79 bits per heavy atom. The number of nitrogens with one attached hydrogen (secondary N) is 3. The molecule has 0 aliphatic heterocycles. The zero-order valence-corrected chi connectivity index (χ0v) is 15.4. The van der Waals surface area contributed by atoms with Gasteiger partial charge in [-0.25, -0.2) is 9.37 Å². The van der Waals surface area contributed by atoms with Crippen LogP contribution in [0.2, 0.25) is 0 Å². The predicted octanol–water partition coefficient (Wildman–Crippen LogP) is 4.50. The lowest BCUT2D eigenvalue weighted by molar-refractivity contribution is 0.0977. The maximum absolute atomic E-state index is 13.0. The van der Waals surface area contributed by atoms with E-state index in [1.165, 1.54) is 24.3 Å². The summed E-state index contributed by atoms with van der Waals surface area (Å²) < 4.78 is 13.0. The van der Waals surface area contributed by atoms with E-state index in [2.05, 4.69) is 20.6 Å². The molecule has 0 fully saturated rings. The number of benzene rings is 3. The second-order valence-corrected chi connectivity index (χ2v) is 6.51. The number of halogens is 1. The van der Waals surface area contributed by atoms with E-state index in [-0.39, 0.29) is 5.11 Å². The molecule has 1 amide bonds. The number of fused-ring (bicyclic) bond motifs is 1. The van der Waals surface area contributed by atoms with Crippen LogP contribution in [0.25, 0.3) is 22.4 Å². The summed E-state index contributed by atoms with van der Waals surface area (Å²) in [6.45, 7) is 0. The first-order chi connectivity index (χ1) is 13.6. The van der Waals surface area contributed by atoms with Crippen molar-refractivity contribution in [3.05, 3.63) is 84.2 Å². The smallest absolute Gasteiger partial charge is 0.257 e. The third kappa shape index (κ3) is 3.89. The maximum atomic E-state index is 13.0. The summed E-state index contributed by atoms with van der Waals surface area (Å²) in [4.78, 5) is 20.0. The predicted molar refractivity (Wildman–Crippen MR) is 112 cm³/mol. The van der Waals surface area contributed by atoms with Gasteiger partial charge in [-0.2, -0.15) is 0 Å². The van der Waals surface area contributed by atoms with Gasteiger partial charge in [0.1, 0.15) is 11.6 Å². The Labute approximate surface area is 165 Å². The molecule has 0 saturated heterocycles. The lowest BCUT2D eigenvalue weighted by atomic mass is 10.2. The lowest BCUT2D eigenvalue weighted by Gasteiger charge is -2.10. The summed E-state index contributed by atoms with van der Waals surface area (Å²) in [5.74, 6) is -0.0725. The van der Waals surface area contributed by atoms with E-state index in [0.29, 0.717) is 11.3 Å². The van der Waals surface area contributed by atoms with Crippen LogP contribution in [0.1, 0.15) is 10.4 Å². The van der Waals surface area contributed by atoms with Crippen molar-refractivity contribution in [2.45, 2.75) is 0 Å². The van der Waals surface area contributed by atoms with Crippen molar-refractivity contribution in [2.24, 2.45) is 0 Å². The van der Waals surface area contributed by atoms with Gasteiger partial charge in [-0.05, 0) is 60.7 Å². The number of aromatic amines is 1. The van der Waals surface area contributed by atoms with Gasteiger partial charge in [0.25, 0.3) is 5.91 Å². The summed E-state index contributed by atoms with van der Waals surface area (Å²) in [7, 11) is 0. The number of imidazole rings is 1. The van der Waals surface area contributed by atoms with Gasteiger partial charge < -0.3 is 10.3 Å². The number of para-hydroxylation sites is 2. The number of hydrogen-bond donors (Lipinski definition) is 3. The molecular formula is C21H15FN4OS. The molecule has 7 heteroatoms. The Hall–Kier alpha value is -3.58. The number of thiocarbonyl (C=S) groups is 1. The fraction of sp³-hybridized carbons (Fsp3) is 0. The Morgan fingerprint density at radius 1 is 1.00 bits per heavy atom. The van der Waals surface area contributed by atoms with Crippen LogP contribution in [0, 0.1) is 5.82 Å². The van der Waals surface area contributed by atoms with Crippen LogP contribution in [-0.2, 0) is 0 Å². The highest BCUT2D eigenvalue weighted by atomic mass is 32.1. The van der Waals surface area contributed by atoms with Crippen molar-refractivity contribution in [3.8, 4) is 11.4 Å². The van der Waals surface area contributed by atoms with Crippen LogP contribution in [0.5, 0.6) is 0 Å². The highest BCUT2D eigenvalue weighted by Gasteiger charge is 2.09. The molecule has 0 saturated carbocycles. The molecular weight excluding hydrogens is 375 g/mol. The number of aromatic nitrogens is 2. The number of carbonyl (C=O) groups excluding carboxylic acids is 1. The van der Waals surface area contributed by atoms with E-state index in [1.807, 2.05) is 48.5 Å². The van der Waals surface area contributed by atoms with Gasteiger partial charge in [0.2, 0.25) is 0 Å². The molecule has 0 bridgehead atoms. The van der Waals surface area contributed by atoms with Crippen molar-refractivity contribution >= 4 is 40.0 Å². The van der Waals surface area contributed by atoms with Gasteiger partial charge in [-0.15, -0.1) is 0 Å². The SMILES string of the molecule is O=C(NC(=S)Nc1cccc(-c2nc3ccccc3[nH]2)c1)c1ccc(F)cc1. The second-order valence-electron chi connectivity index (χ2n) is 6.10. The fourth-order valence-electron chi connectivity index (χ4n) is 2.77. The summed E-state index contributed by atoms with van der Waals surface area (Å²) in [6, 6.07) is 20.6. The second kappa shape index (κ2) is 7.58. The largest absolute Gasteiger partial charge is 0.338 e. The van der Waals surface area contributed by atoms with Gasteiger partial charge in [-0.3, -0.25) is 10.1 Å². The van der Waals surface area contributed by atoms with Crippen molar-refractivity contribution in [2.75, 3.05) is 5.32 Å². The number of anilines is 1. The first kappa shape index (κ1) is 17.8. The molecule has 0 radical (unpaired) electrons. The third-order valence-corrected chi connectivity index (χ3v) is 4.32. The van der Waals surface area contributed by atoms with Gasteiger partial charge >= 0.3 is 0 Å². The molecule has 1 heterocycles. The Morgan fingerprint density at radius 3 is 2.57 bits per heavy atom. The number of amides is 1. The minimum Gasteiger partial charge on any atom is -0.338 e. The van der Waals surface area contributed by atoms with E-state index in [1.54, 1.807) is 0 Å². The van der Waals surface area contributed by atoms with E-state index >= 15 is 0 Å². The molecule has 4 rings (SSSR count). The first-order valence-electron chi connectivity index (χ1n) is 8.51. The number of carbonyl (C=O) groups is 1. The topological polar surface area (TPSA) is 69.8 Å². The highest BCUT2D eigenvalue weighted by molar-refractivity contribution is 7.80. The Bertz CT molecular complexity index is 1140. The standard InChI is InChI=1S/C21H15FN4OS/c22-15-10-8-13(9-11-15)20(27)26-21(28)23-16-5-3-4-14(12-16)19-24-17-6-1-2-7-18(17)25-19/h1-12H,(H,24,25)(H2,23,26,27,28). The van der Waals surface area contributed by atoms with E-state index in [0.717, 1.165) is 22.4 Å². The minimum atomic E-state index is -0.411. The van der Waals surface area contributed by atoms with E-state index < -0.39 is 11.7 Å². The molecule has 28 heavy (non-hydrogen) atoms. The lowest BCUT2D eigenvalue weighted by Crippen LogP contribution is -2.34. The first-order valence-corrected chi connectivity index (χ1v) is 8.92. The van der Waals surface area contributed by atoms with Gasteiger partial charge in [0, 0.05) is 16.8 Å². The van der Waals surface area contributed by atoms with Crippen molar-refractivity contribution < 1.29 is 9.18 Å². The van der Waals surface area contributed by atoms with Gasteiger partial charge in [0.15, 0.2) is 5.11 Å². The monoisotopic (exact) mass is 390 g/mol. The molecule has 0 aliphatic carbocycles. The quantitative estimate of drug-likeness (QED) is 0.451. The van der Waals surface area contributed by atoms with Crippen LogP contribution in [-0.4, -0.2) is 21.0 Å². The van der Waals surface area contributed by atoms with Crippen LogP contribution in [0.3, 0.4) is 0 Å². The molecule has 0 spiro atoms. The van der Waals surface area contributed by atoms with Crippen LogP contribution < -0.4 is 10.6 Å². The van der Waals surface area contributed by atoms with Crippen molar-refractivity contribution in [1.82, 2.24) is 15.3 Å². The van der Waals surface area contributed by atoms with Crippen LogP contribution >= 0.6 is 12.2 Å². The normalized spacial score (nSPS) is 10.6. The summed E-state index contributed by atoms with van der Waals surface area (Å²) in [5.41, 5.74) is 3.76. The summed E-state index contributed by atoms with van der Waals surface area (Å²) in [5, 5.41) is 5.71. The van der Waals surface area contributed by atoms with Crippen LogP contribution in [0.4, 0.5) is 10.1 Å². The summed E-state index contributed by atoms with van der Waals surface area (Å²) >= 11 is 5.21. The van der Waals surface area contributed by atoms with Crippen molar-refractivity contribution in [1.29, 1.82) is 0 Å². The molecule has 1 aromatic heterocycles. The zero-order valence-electron chi connectivity index (χ0n) is 14.6. The summed E-state index contributed by atoms with van der Waals surface area (Å²) in [6.07, 6.45) is 0. The third-order valence-electron chi connectivity index (χ3n) is 4.12. The Kier molecular flexibility index (Phi) is 4.82. The van der Waals surface area contributed by atoms with Gasteiger partial charge in [0.05, 0.1) is 11.0 Å². The van der Waals surface area contributed by atoms with E-state index in [9.17, 15) is 9.18 Å². The average molecular weight is 390 g/mol. The van der Waals surface area contributed by atoms with E-state index in [4.69, 9.17) is 12.2 Å². The zero-order chi connectivity index (χ0) is 19.5. The molecule has 0 unspecified atom stereocenters. The highest BCUT2D eigenvalue weighted by Crippen LogP contribution is 2.23. The molecule has 3 aromatic carbocycles.